The third kappa shape index (κ3) is 5.26. The standard InChI is InChI=1S/C51H31N3O/c1-2-12-35(13-3-1)49-52-50(36-25-21-33(22-26-36)40-18-10-20-46-48(40)43-17-8-9-19-45(43)55-46)54-51(53-49)37-27-23-34(24-28-37)47-41-16-7-5-14-38(41)31-44-39-15-6-4-11-32(39)29-30-42(44)47/h1-31H. The molecular weight excluding hydrogens is 671 g/mol. The molecule has 55 heavy (non-hydrogen) atoms. The number of hydrogen-bond acceptors (Lipinski definition) is 4. The molecule has 0 radical (unpaired) electrons. The lowest BCUT2D eigenvalue weighted by atomic mass is 9.89. The second-order valence-corrected chi connectivity index (χ2v) is 14.0. The first kappa shape index (κ1) is 31.1. The lowest BCUT2D eigenvalue weighted by Gasteiger charge is -2.14. The summed E-state index contributed by atoms with van der Waals surface area (Å²) < 4.78 is 6.18. The monoisotopic (exact) mass is 701 g/mol. The van der Waals surface area contributed by atoms with Crippen molar-refractivity contribution in [2.24, 2.45) is 0 Å². The van der Waals surface area contributed by atoms with Gasteiger partial charge in [0.15, 0.2) is 17.5 Å². The number of nitrogens with zero attached hydrogens (tertiary/aromatic N) is 3. The van der Waals surface area contributed by atoms with Gasteiger partial charge in [0, 0.05) is 27.5 Å². The molecule has 0 saturated heterocycles. The van der Waals surface area contributed by atoms with Gasteiger partial charge < -0.3 is 4.42 Å². The van der Waals surface area contributed by atoms with Crippen molar-refractivity contribution in [3.05, 3.63) is 188 Å². The maximum absolute atomic E-state index is 6.18. The van der Waals surface area contributed by atoms with Crippen LogP contribution in [0, 0.1) is 0 Å². The van der Waals surface area contributed by atoms with Crippen LogP contribution in [-0.4, -0.2) is 15.0 Å². The van der Waals surface area contributed by atoms with E-state index in [1.807, 2.05) is 54.6 Å². The van der Waals surface area contributed by atoms with Gasteiger partial charge in [-0.15, -0.1) is 0 Å². The van der Waals surface area contributed by atoms with Crippen molar-refractivity contribution in [2.75, 3.05) is 0 Å². The van der Waals surface area contributed by atoms with E-state index in [0.717, 1.165) is 55.3 Å². The highest BCUT2D eigenvalue weighted by molar-refractivity contribution is 6.20. The largest absolute Gasteiger partial charge is 0.456 e. The minimum atomic E-state index is 0.623. The van der Waals surface area contributed by atoms with E-state index in [-0.39, 0.29) is 0 Å². The molecule has 4 heteroatoms. The van der Waals surface area contributed by atoms with Crippen molar-refractivity contribution in [1.29, 1.82) is 0 Å². The number of para-hydroxylation sites is 1. The number of rotatable bonds is 5. The molecule has 0 aliphatic heterocycles. The molecule has 0 atom stereocenters. The normalized spacial score (nSPS) is 11.6. The fourth-order valence-corrected chi connectivity index (χ4v) is 8.08. The molecule has 0 amide bonds. The molecule has 11 rings (SSSR count). The van der Waals surface area contributed by atoms with Crippen LogP contribution >= 0.6 is 0 Å². The fraction of sp³-hybridized carbons (Fsp3) is 0. The predicted molar refractivity (Wildman–Crippen MR) is 227 cm³/mol. The molecule has 0 aliphatic carbocycles. The fourth-order valence-electron chi connectivity index (χ4n) is 8.08. The van der Waals surface area contributed by atoms with Crippen LogP contribution < -0.4 is 0 Å². The Labute approximate surface area is 317 Å². The highest BCUT2D eigenvalue weighted by Crippen LogP contribution is 2.40. The zero-order chi connectivity index (χ0) is 36.3. The molecule has 0 unspecified atom stereocenters. The summed E-state index contributed by atoms with van der Waals surface area (Å²) >= 11 is 0. The van der Waals surface area contributed by atoms with Crippen LogP contribution in [0.15, 0.2) is 192 Å². The number of hydrogen-bond donors (Lipinski definition) is 0. The summed E-state index contributed by atoms with van der Waals surface area (Å²) in [4.78, 5) is 15.1. The van der Waals surface area contributed by atoms with Crippen LogP contribution in [0.2, 0.25) is 0 Å². The summed E-state index contributed by atoms with van der Waals surface area (Å²) in [5, 5.41) is 9.67. The van der Waals surface area contributed by atoms with Crippen molar-refractivity contribution in [3.8, 4) is 56.4 Å². The lowest BCUT2D eigenvalue weighted by Crippen LogP contribution is -2.00. The van der Waals surface area contributed by atoms with Gasteiger partial charge in [0.2, 0.25) is 0 Å². The van der Waals surface area contributed by atoms with Crippen molar-refractivity contribution < 1.29 is 4.42 Å². The first-order chi connectivity index (χ1) is 27.2. The Hall–Kier alpha value is -7.43. The number of benzene rings is 9. The number of furan rings is 1. The molecule has 2 aromatic heterocycles. The summed E-state index contributed by atoms with van der Waals surface area (Å²) in [6, 6.07) is 65.8. The van der Waals surface area contributed by atoms with E-state index in [0.29, 0.717) is 17.5 Å². The van der Waals surface area contributed by atoms with Gasteiger partial charge in [-0.2, -0.15) is 0 Å². The van der Waals surface area contributed by atoms with Gasteiger partial charge in [0.05, 0.1) is 0 Å². The molecule has 0 N–H and O–H groups in total. The minimum Gasteiger partial charge on any atom is -0.456 e. The molecule has 0 fully saturated rings. The highest BCUT2D eigenvalue weighted by atomic mass is 16.3. The van der Waals surface area contributed by atoms with E-state index in [9.17, 15) is 0 Å². The van der Waals surface area contributed by atoms with Gasteiger partial charge >= 0.3 is 0 Å². The second kappa shape index (κ2) is 12.6. The summed E-state index contributed by atoms with van der Waals surface area (Å²) in [6.07, 6.45) is 0. The van der Waals surface area contributed by atoms with E-state index in [2.05, 4.69) is 133 Å². The Morgan fingerprint density at radius 3 is 1.58 bits per heavy atom. The topological polar surface area (TPSA) is 51.8 Å². The maximum Gasteiger partial charge on any atom is 0.164 e. The summed E-state index contributed by atoms with van der Waals surface area (Å²) in [5.74, 6) is 1.89. The quantitative estimate of drug-likeness (QED) is 0.132. The first-order valence-corrected chi connectivity index (χ1v) is 18.5. The van der Waals surface area contributed by atoms with E-state index in [4.69, 9.17) is 19.4 Å². The molecule has 11 aromatic rings. The van der Waals surface area contributed by atoms with Gasteiger partial charge in [-0.3, -0.25) is 0 Å². The summed E-state index contributed by atoms with van der Waals surface area (Å²) in [5.41, 5.74) is 9.15. The van der Waals surface area contributed by atoms with E-state index < -0.39 is 0 Å². The van der Waals surface area contributed by atoms with Crippen LogP contribution in [-0.2, 0) is 0 Å². The lowest BCUT2D eigenvalue weighted by molar-refractivity contribution is 0.669. The minimum absolute atomic E-state index is 0.623. The number of fused-ring (bicyclic) bond motifs is 7. The summed E-state index contributed by atoms with van der Waals surface area (Å²) in [7, 11) is 0. The molecule has 9 aromatic carbocycles. The van der Waals surface area contributed by atoms with Crippen LogP contribution in [0.4, 0.5) is 0 Å². The van der Waals surface area contributed by atoms with Crippen molar-refractivity contribution >= 4 is 54.3 Å². The van der Waals surface area contributed by atoms with Crippen LogP contribution in [0.5, 0.6) is 0 Å². The first-order valence-electron chi connectivity index (χ1n) is 18.5. The third-order valence-electron chi connectivity index (χ3n) is 10.7. The van der Waals surface area contributed by atoms with Crippen molar-refractivity contribution in [1.82, 2.24) is 15.0 Å². The zero-order valence-electron chi connectivity index (χ0n) is 29.6. The van der Waals surface area contributed by atoms with Gasteiger partial charge in [0.1, 0.15) is 11.2 Å². The molecular formula is C51H31N3O. The molecule has 0 aliphatic rings. The Morgan fingerprint density at radius 1 is 0.309 bits per heavy atom. The molecule has 4 nitrogen and oxygen atoms in total. The Morgan fingerprint density at radius 2 is 0.855 bits per heavy atom. The zero-order valence-corrected chi connectivity index (χ0v) is 29.6. The van der Waals surface area contributed by atoms with Crippen molar-refractivity contribution in [2.45, 2.75) is 0 Å². The van der Waals surface area contributed by atoms with E-state index in [1.54, 1.807) is 0 Å². The van der Waals surface area contributed by atoms with Gasteiger partial charge in [-0.1, -0.05) is 170 Å². The summed E-state index contributed by atoms with van der Waals surface area (Å²) in [6.45, 7) is 0. The van der Waals surface area contributed by atoms with Gasteiger partial charge in [-0.05, 0) is 72.8 Å². The maximum atomic E-state index is 6.18. The smallest absolute Gasteiger partial charge is 0.164 e. The van der Waals surface area contributed by atoms with Crippen LogP contribution in [0.3, 0.4) is 0 Å². The average Bonchev–Trinajstić information content (AvgIpc) is 3.65. The Balaban J connectivity index is 1.02. The highest BCUT2D eigenvalue weighted by Gasteiger charge is 2.17. The molecule has 0 saturated carbocycles. The van der Waals surface area contributed by atoms with E-state index in [1.165, 1.54) is 37.9 Å². The van der Waals surface area contributed by atoms with Gasteiger partial charge in [-0.25, -0.2) is 15.0 Å². The van der Waals surface area contributed by atoms with Crippen LogP contribution in [0.1, 0.15) is 0 Å². The molecule has 2 heterocycles. The van der Waals surface area contributed by atoms with Crippen LogP contribution in [0.25, 0.3) is 111 Å². The van der Waals surface area contributed by atoms with Gasteiger partial charge in [0.25, 0.3) is 0 Å². The predicted octanol–water partition coefficient (Wildman–Crippen LogP) is 13.6. The Bertz CT molecular complexity index is 3240. The van der Waals surface area contributed by atoms with E-state index >= 15 is 0 Å². The SMILES string of the molecule is c1ccc(-c2nc(-c3ccc(-c4c5ccccc5cc5c4ccc4ccccc45)cc3)nc(-c3ccc(-c4cccc5oc6ccccc6c45)cc3)n2)cc1. The Kier molecular flexibility index (Phi) is 7.14. The van der Waals surface area contributed by atoms with Crippen molar-refractivity contribution in [3.63, 3.8) is 0 Å². The molecule has 0 bridgehead atoms. The average molecular weight is 702 g/mol. The third-order valence-corrected chi connectivity index (χ3v) is 10.7. The number of aromatic nitrogens is 3. The molecule has 0 spiro atoms. The molecule has 256 valence electrons. The second-order valence-electron chi connectivity index (χ2n) is 14.0.